The van der Waals surface area contributed by atoms with E-state index in [-0.39, 0.29) is 24.2 Å². The lowest BCUT2D eigenvalue weighted by Gasteiger charge is -2.25. The highest BCUT2D eigenvalue weighted by Crippen LogP contribution is 2.13. The lowest BCUT2D eigenvalue weighted by atomic mass is 10.0. The van der Waals surface area contributed by atoms with E-state index in [0.29, 0.717) is 6.54 Å². The van der Waals surface area contributed by atoms with Crippen LogP contribution in [0.2, 0.25) is 0 Å². The van der Waals surface area contributed by atoms with Crippen LogP contribution in [0.15, 0.2) is 6.20 Å². The standard InChI is InChI=1S/C11H17N3OS.ClH/c1-2-9-7-14-10(16-9)3-4-13-11(15)8-5-12-6-8;/h7-8,12H,2-6H2,1H3,(H,13,15);1H. The monoisotopic (exact) mass is 275 g/mol. The van der Waals surface area contributed by atoms with Crippen LogP contribution in [0.1, 0.15) is 16.8 Å². The van der Waals surface area contributed by atoms with Gasteiger partial charge in [-0.15, -0.1) is 23.7 Å². The lowest BCUT2D eigenvalue weighted by molar-refractivity contribution is -0.126. The highest BCUT2D eigenvalue weighted by molar-refractivity contribution is 7.11. The number of amides is 1. The molecule has 0 unspecified atom stereocenters. The Morgan fingerprint density at radius 1 is 1.65 bits per heavy atom. The minimum absolute atomic E-state index is 0. The molecule has 1 aromatic heterocycles. The number of hydrogen-bond acceptors (Lipinski definition) is 4. The van der Waals surface area contributed by atoms with E-state index in [9.17, 15) is 4.79 Å². The number of nitrogens with one attached hydrogen (secondary N) is 2. The first kappa shape index (κ1) is 14.4. The van der Waals surface area contributed by atoms with Crippen LogP contribution in [0.4, 0.5) is 0 Å². The zero-order valence-electron chi connectivity index (χ0n) is 9.86. The van der Waals surface area contributed by atoms with Gasteiger partial charge in [0.25, 0.3) is 0 Å². The number of hydrogen-bond donors (Lipinski definition) is 2. The predicted octanol–water partition coefficient (Wildman–Crippen LogP) is 1.01. The van der Waals surface area contributed by atoms with E-state index in [0.717, 1.165) is 30.9 Å². The Balaban J connectivity index is 0.00000144. The quantitative estimate of drug-likeness (QED) is 0.843. The molecule has 0 atom stereocenters. The molecule has 2 rings (SSSR count). The SMILES string of the molecule is CCc1cnc(CCNC(=O)C2CNC2)s1.Cl. The Labute approximate surface area is 112 Å². The molecule has 1 aliphatic heterocycles. The van der Waals surface area contributed by atoms with Crippen LogP contribution >= 0.6 is 23.7 Å². The Kier molecular flexibility index (Phi) is 5.88. The molecule has 96 valence electrons. The van der Waals surface area contributed by atoms with Crippen LogP contribution in [0.5, 0.6) is 0 Å². The summed E-state index contributed by atoms with van der Waals surface area (Å²) in [5.41, 5.74) is 0. The number of thiazole rings is 1. The first-order chi connectivity index (χ1) is 7.79. The summed E-state index contributed by atoms with van der Waals surface area (Å²) in [5.74, 6) is 0.355. The maximum absolute atomic E-state index is 11.5. The van der Waals surface area contributed by atoms with E-state index in [2.05, 4.69) is 22.5 Å². The second kappa shape index (κ2) is 6.93. The van der Waals surface area contributed by atoms with Gasteiger partial charge in [-0.25, -0.2) is 4.98 Å². The molecule has 4 nitrogen and oxygen atoms in total. The molecular weight excluding hydrogens is 258 g/mol. The van der Waals surface area contributed by atoms with Crippen molar-refractivity contribution in [3.63, 3.8) is 0 Å². The molecule has 2 heterocycles. The minimum Gasteiger partial charge on any atom is -0.355 e. The molecule has 0 spiro atoms. The second-order valence-corrected chi connectivity index (χ2v) is 5.17. The minimum atomic E-state index is 0. The molecule has 1 aliphatic rings. The molecule has 1 saturated heterocycles. The summed E-state index contributed by atoms with van der Waals surface area (Å²) >= 11 is 1.74. The topological polar surface area (TPSA) is 54.0 Å². The largest absolute Gasteiger partial charge is 0.355 e. The number of aryl methyl sites for hydroxylation is 1. The maximum atomic E-state index is 11.5. The fourth-order valence-electron chi connectivity index (χ4n) is 1.54. The van der Waals surface area contributed by atoms with Gasteiger partial charge in [-0.05, 0) is 6.42 Å². The van der Waals surface area contributed by atoms with Crippen LogP contribution < -0.4 is 10.6 Å². The predicted molar refractivity (Wildman–Crippen MR) is 71.8 cm³/mol. The zero-order chi connectivity index (χ0) is 11.4. The van der Waals surface area contributed by atoms with Crippen molar-refractivity contribution in [1.82, 2.24) is 15.6 Å². The van der Waals surface area contributed by atoms with Crippen molar-refractivity contribution >= 4 is 29.7 Å². The van der Waals surface area contributed by atoms with Gasteiger partial charge >= 0.3 is 0 Å². The number of rotatable bonds is 5. The van der Waals surface area contributed by atoms with Crippen LogP contribution in [0.25, 0.3) is 0 Å². The second-order valence-electron chi connectivity index (χ2n) is 3.97. The molecule has 1 aromatic rings. The fourth-order valence-corrected chi connectivity index (χ4v) is 2.40. The van der Waals surface area contributed by atoms with E-state index in [1.807, 2.05) is 6.20 Å². The fraction of sp³-hybridized carbons (Fsp3) is 0.636. The van der Waals surface area contributed by atoms with Crippen molar-refractivity contribution in [3.05, 3.63) is 16.1 Å². The lowest BCUT2D eigenvalue weighted by Crippen LogP contribution is -2.51. The van der Waals surface area contributed by atoms with Gasteiger partial charge in [0.2, 0.25) is 5.91 Å². The Morgan fingerprint density at radius 3 is 2.94 bits per heavy atom. The van der Waals surface area contributed by atoms with Gasteiger partial charge in [0.05, 0.1) is 10.9 Å². The number of nitrogens with zero attached hydrogens (tertiary/aromatic N) is 1. The Hall–Kier alpha value is -0.650. The van der Waals surface area contributed by atoms with Crippen LogP contribution in [0.3, 0.4) is 0 Å². The maximum Gasteiger partial charge on any atom is 0.225 e. The van der Waals surface area contributed by atoms with E-state index in [1.165, 1.54) is 4.88 Å². The average Bonchev–Trinajstić information content (AvgIpc) is 2.63. The molecule has 6 heteroatoms. The van der Waals surface area contributed by atoms with Gasteiger partial charge in [0.1, 0.15) is 0 Å². The van der Waals surface area contributed by atoms with Crippen molar-refractivity contribution in [1.29, 1.82) is 0 Å². The molecule has 1 fully saturated rings. The smallest absolute Gasteiger partial charge is 0.225 e. The van der Waals surface area contributed by atoms with Gasteiger partial charge in [0, 0.05) is 37.1 Å². The summed E-state index contributed by atoms with van der Waals surface area (Å²) in [5, 5.41) is 7.15. The first-order valence-electron chi connectivity index (χ1n) is 5.71. The average molecular weight is 276 g/mol. The molecule has 0 saturated carbocycles. The molecule has 0 radical (unpaired) electrons. The van der Waals surface area contributed by atoms with E-state index >= 15 is 0 Å². The van der Waals surface area contributed by atoms with Crippen molar-refractivity contribution in [2.24, 2.45) is 5.92 Å². The van der Waals surface area contributed by atoms with Gasteiger partial charge in [-0.1, -0.05) is 6.92 Å². The summed E-state index contributed by atoms with van der Waals surface area (Å²) in [6.45, 7) is 4.47. The normalized spacial score (nSPS) is 14.9. The molecule has 2 N–H and O–H groups in total. The summed E-state index contributed by atoms with van der Waals surface area (Å²) in [7, 11) is 0. The first-order valence-corrected chi connectivity index (χ1v) is 6.53. The Morgan fingerprint density at radius 2 is 2.41 bits per heavy atom. The number of halogens is 1. The van der Waals surface area contributed by atoms with Crippen molar-refractivity contribution in [2.45, 2.75) is 19.8 Å². The van der Waals surface area contributed by atoms with Crippen molar-refractivity contribution in [3.8, 4) is 0 Å². The highest BCUT2D eigenvalue weighted by atomic mass is 35.5. The third-order valence-corrected chi connectivity index (χ3v) is 3.94. The van der Waals surface area contributed by atoms with Gasteiger partial charge < -0.3 is 10.6 Å². The van der Waals surface area contributed by atoms with E-state index in [1.54, 1.807) is 11.3 Å². The van der Waals surface area contributed by atoms with Gasteiger partial charge in [0.15, 0.2) is 0 Å². The van der Waals surface area contributed by atoms with Crippen LogP contribution in [-0.2, 0) is 17.6 Å². The summed E-state index contributed by atoms with van der Waals surface area (Å²) in [6, 6.07) is 0. The number of aromatic nitrogens is 1. The van der Waals surface area contributed by atoms with Crippen LogP contribution in [-0.4, -0.2) is 30.5 Å². The van der Waals surface area contributed by atoms with Gasteiger partial charge in [-0.2, -0.15) is 0 Å². The van der Waals surface area contributed by atoms with E-state index in [4.69, 9.17) is 0 Å². The summed E-state index contributed by atoms with van der Waals surface area (Å²) in [6.07, 6.45) is 3.81. The molecular formula is C11H18ClN3OS. The van der Waals surface area contributed by atoms with Crippen LogP contribution in [0, 0.1) is 5.92 Å². The summed E-state index contributed by atoms with van der Waals surface area (Å²) < 4.78 is 0. The number of carbonyl (C=O) groups is 1. The van der Waals surface area contributed by atoms with Gasteiger partial charge in [-0.3, -0.25) is 4.79 Å². The van der Waals surface area contributed by atoms with Crippen molar-refractivity contribution in [2.75, 3.05) is 19.6 Å². The van der Waals surface area contributed by atoms with E-state index < -0.39 is 0 Å². The summed E-state index contributed by atoms with van der Waals surface area (Å²) in [4.78, 5) is 17.1. The highest BCUT2D eigenvalue weighted by Gasteiger charge is 2.24. The molecule has 1 amide bonds. The molecule has 0 aromatic carbocycles. The third kappa shape index (κ3) is 3.94. The molecule has 17 heavy (non-hydrogen) atoms. The molecule has 0 bridgehead atoms. The number of carbonyl (C=O) groups excluding carboxylic acids is 1. The third-order valence-electron chi connectivity index (χ3n) is 2.74. The van der Waals surface area contributed by atoms with Crippen molar-refractivity contribution < 1.29 is 4.79 Å². The molecule has 0 aliphatic carbocycles. The zero-order valence-corrected chi connectivity index (χ0v) is 11.5. The Bertz CT molecular complexity index is 365.